The predicted octanol–water partition coefficient (Wildman–Crippen LogP) is 3.03. The van der Waals surface area contributed by atoms with Crippen LogP contribution in [0.1, 0.15) is 21.5 Å². The number of carbonyl (C=O) groups is 1. The quantitative estimate of drug-likeness (QED) is 0.686. The van der Waals surface area contributed by atoms with Crippen LogP contribution in [0.15, 0.2) is 67.0 Å². The van der Waals surface area contributed by atoms with Crippen LogP contribution in [0.2, 0.25) is 0 Å². The smallest absolute Gasteiger partial charge is 0.254 e. The molecular formula is C20H20N4O2. The van der Waals surface area contributed by atoms with Gasteiger partial charge in [-0.15, -0.1) is 0 Å². The first kappa shape index (κ1) is 17.4. The Labute approximate surface area is 152 Å². The molecule has 2 N–H and O–H groups in total. The average Bonchev–Trinajstić information content (AvgIpc) is 2.71. The second kappa shape index (κ2) is 8.62. The Balaban J connectivity index is 1.70. The maximum Gasteiger partial charge on any atom is 0.254 e. The van der Waals surface area contributed by atoms with Gasteiger partial charge in [0.2, 0.25) is 5.88 Å². The predicted molar refractivity (Wildman–Crippen MR) is 100.0 cm³/mol. The molecule has 6 heteroatoms. The van der Waals surface area contributed by atoms with Gasteiger partial charge in [-0.25, -0.2) is 9.97 Å². The summed E-state index contributed by atoms with van der Waals surface area (Å²) in [6, 6.07) is 17.2. The lowest BCUT2D eigenvalue weighted by atomic mass is 10.2. The fourth-order valence-electron chi connectivity index (χ4n) is 2.46. The monoisotopic (exact) mass is 348 g/mol. The molecule has 0 spiro atoms. The number of hydrogen-bond donors (Lipinski definition) is 2. The summed E-state index contributed by atoms with van der Waals surface area (Å²) in [4.78, 5) is 20.5. The van der Waals surface area contributed by atoms with E-state index >= 15 is 0 Å². The first-order valence-corrected chi connectivity index (χ1v) is 8.29. The normalized spacial score (nSPS) is 10.2. The van der Waals surface area contributed by atoms with E-state index in [-0.39, 0.29) is 5.91 Å². The van der Waals surface area contributed by atoms with Gasteiger partial charge >= 0.3 is 0 Å². The van der Waals surface area contributed by atoms with Crippen molar-refractivity contribution in [2.45, 2.75) is 13.2 Å². The van der Waals surface area contributed by atoms with Crippen molar-refractivity contribution in [3.63, 3.8) is 0 Å². The largest absolute Gasteiger partial charge is 0.473 e. The lowest BCUT2D eigenvalue weighted by Gasteiger charge is -2.13. The molecule has 6 nitrogen and oxygen atoms in total. The molecule has 1 aromatic carbocycles. The van der Waals surface area contributed by atoms with E-state index in [1.165, 1.54) is 0 Å². The van der Waals surface area contributed by atoms with Crippen LogP contribution >= 0.6 is 0 Å². The SMILES string of the molecule is CNC(=O)c1cccnc1NCc1cccnc1OCc1ccccc1. The first-order chi connectivity index (χ1) is 12.8. The summed E-state index contributed by atoms with van der Waals surface area (Å²) in [5.41, 5.74) is 2.45. The van der Waals surface area contributed by atoms with Crippen molar-refractivity contribution in [1.82, 2.24) is 15.3 Å². The highest BCUT2D eigenvalue weighted by Crippen LogP contribution is 2.19. The zero-order valence-electron chi connectivity index (χ0n) is 14.5. The molecule has 0 unspecified atom stereocenters. The van der Waals surface area contributed by atoms with Gasteiger partial charge in [0.25, 0.3) is 5.91 Å². The molecule has 132 valence electrons. The van der Waals surface area contributed by atoms with Gasteiger partial charge in [0.1, 0.15) is 12.4 Å². The fraction of sp³-hybridized carbons (Fsp3) is 0.150. The number of carbonyl (C=O) groups excluding carboxylic acids is 1. The summed E-state index contributed by atoms with van der Waals surface area (Å²) in [6.07, 6.45) is 3.34. The van der Waals surface area contributed by atoms with Crippen LogP contribution < -0.4 is 15.4 Å². The van der Waals surface area contributed by atoms with Crippen LogP contribution in [0, 0.1) is 0 Å². The van der Waals surface area contributed by atoms with Crippen molar-refractivity contribution in [2.75, 3.05) is 12.4 Å². The molecule has 0 atom stereocenters. The number of aromatic nitrogens is 2. The van der Waals surface area contributed by atoms with E-state index in [1.54, 1.807) is 31.6 Å². The van der Waals surface area contributed by atoms with Gasteiger partial charge in [0.15, 0.2) is 0 Å². The molecule has 2 aromatic heterocycles. The van der Waals surface area contributed by atoms with E-state index in [2.05, 4.69) is 20.6 Å². The molecule has 0 aliphatic heterocycles. The number of anilines is 1. The molecule has 0 aliphatic carbocycles. The van der Waals surface area contributed by atoms with Crippen molar-refractivity contribution in [1.29, 1.82) is 0 Å². The topological polar surface area (TPSA) is 76.1 Å². The lowest BCUT2D eigenvalue weighted by Crippen LogP contribution is -2.20. The molecule has 3 rings (SSSR count). The maximum absolute atomic E-state index is 11.9. The molecule has 0 fully saturated rings. The molecule has 0 aliphatic rings. The average molecular weight is 348 g/mol. The highest BCUT2D eigenvalue weighted by atomic mass is 16.5. The van der Waals surface area contributed by atoms with Crippen LogP contribution in [-0.2, 0) is 13.2 Å². The zero-order chi connectivity index (χ0) is 18.2. The minimum absolute atomic E-state index is 0.188. The summed E-state index contributed by atoms with van der Waals surface area (Å²) in [5.74, 6) is 0.887. The summed E-state index contributed by atoms with van der Waals surface area (Å²) < 4.78 is 5.86. The Morgan fingerprint density at radius 3 is 2.58 bits per heavy atom. The van der Waals surface area contributed by atoms with Gasteiger partial charge in [0, 0.05) is 31.5 Å². The summed E-state index contributed by atoms with van der Waals surface area (Å²) in [6.45, 7) is 0.886. The van der Waals surface area contributed by atoms with Crippen molar-refractivity contribution >= 4 is 11.7 Å². The summed E-state index contributed by atoms with van der Waals surface area (Å²) in [5, 5.41) is 5.81. The molecule has 2 heterocycles. The standard InChI is InChI=1S/C20H20N4O2/c1-21-19(25)17-10-6-11-22-18(17)24-13-16-9-5-12-23-20(16)26-14-15-7-3-2-4-8-15/h2-12H,13-14H2,1H3,(H,21,25)(H,22,24). The van der Waals surface area contributed by atoms with Gasteiger partial charge in [-0.05, 0) is 23.8 Å². The van der Waals surface area contributed by atoms with Gasteiger partial charge in [-0.1, -0.05) is 36.4 Å². The lowest BCUT2D eigenvalue weighted by molar-refractivity contribution is 0.0963. The number of benzene rings is 1. The first-order valence-electron chi connectivity index (χ1n) is 8.29. The van der Waals surface area contributed by atoms with Crippen molar-refractivity contribution in [3.8, 4) is 5.88 Å². The Hall–Kier alpha value is -3.41. The minimum Gasteiger partial charge on any atom is -0.473 e. The zero-order valence-corrected chi connectivity index (χ0v) is 14.5. The molecule has 3 aromatic rings. The van der Waals surface area contributed by atoms with E-state index in [9.17, 15) is 4.79 Å². The summed E-state index contributed by atoms with van der Waals surface area (Å²) in [7, 11) is 1.59. The van der Waals surface area contributed by atoms with Crippen molar-refractivity contribution in [2.24, 2.45) is 0 Å². The second-order valence-electron chi connectivity index (χ2n) is 5.57. The summed E-state index contributed by atoms with van der Waals surface area (Å²) >= 11 is 0. The molecule has 0 bridgehead atoms. The van der Waals surface area contributed by atoms with Gasteiger partial charge in [-0.2, -0.15) is 0 Å². The Bertz CT molecular complexity index is 868. The molecule has 0 saturated heterocycles. The van der Waals surface area contributed by atoms with Crippen LogP contribution in [0.3, 0.4) is 0 Å². The number of rotatable bonds is 7. The third kappa shape index (κ3) is 4.36. The van der Waals surface area contributed by atoms with Gasteiger partial charge in [-0.3, -0.25) is 4.79 Å². The van der Waals surface area contributed by atoms with Crippen LogP contribution in [-0.4, -0.2) is 22.9 Å². The van der Waals surface area contributed by atoms with Crippen molar-refractivity contribution < 1.29 is 9.53 Å². The minimum atomic E-state index is -0.188. The molecule has 0 saturated carbocycles. The number of hydrogen-bond acceptors (Lipinski definition) is 5. The fourth-order valence-corrected chi connectivity index (χ4v) is 2.46. The third-order valence-corrected chi connectivity index (χ3v) is 3.79. The number of nitrogens with one attached hydrogen (secondary N) is 2. The number of pyridine rings is 2. The Morgan fingerprint density at radius 2 is 1.77 bits per heavy atom. The number of nitrogens with zero attached hydrogens (tertiary/aromatic N) is 2. The van der Waals surface area contributed by atoms with Crippen LogP contribution in [0.4, 0.5) is 5.82 Å². The third-order valence-electron chi connectivity index (χ3n) is 3.79. The Kier molecular flexibility index (Phi) is 5.77. The number of ether oxygens (including phenoxy) is 1. The Morgan fingerprint density at radius 1 is 1.00 bits per heavy atom. The highest BCUT2D eigenvalue weighted by Gasteiger charge is 2.11. The van der Waals surface area contributed by atoms with E-state index < -0.39 is 0 Å². The number of amides is 1. The highest BCUT2D eigenvalue weighted by molar-refractivity contribution is 5.98. The van der Waals surface area contributed by atoms with Gasteiger partial charge < -0.3 is 15.4 Å². The maximum atomic E-state index is 11.9. The van der Waals surface area contributed by atoms with Crippen LogP contribution in [0.5, 0.6) is 5.88 Å². The van der Waals surface area contributed by atoms with Gasteiger partial charge in [0.05, 0.1) is 5.56 Å². The van der Waals surface area contributed by atoms with E-state index in [1.807, 2.05) is 42.5 Å². The van der Waals surface area contributed by atoms with E-state index in [0.29, 0.717) is 30.4 Å². The van der Waals surface area contributed by atoms with Crippen molar-refractivity contribution in [3.05, 3.63) is 83.7 Å². The molecular weight excluding hydrogens is 328 g/mol. The second-order valence-corrected chi connectivity index (χ2v) is 5.57. The molecule has 1 amide bonds. The van der Waals surface area contributed by atoms with Crippen LogP contribution in [0.25, 0.3) is 0 Å². The molecule has 26 heavy (non-hydrogen) atoms. The van der Waals surface area contributed by atoms with E-state index in [4.69, 9.17) is 4.74 Å². The van der Waals surface area contributed by atoms with E-state index in [0.717, 1.165) is 11.1 Å². The molecule has 0 radical (unpaired) electrons.